The highest BCUT2D eigenvalue weighted by atomic mass is 19.1. The third-order valence-corrected chi connectivity index (χ3v) is 4.42. The van der Waals surface area contributed by atoms with Crippen LogP contribution in [-0.2, 0) is 4.79 Å². The number of halogens is 1. The van der Waals surface area contributed by atoms with Crippen LogP contribution >= 0.6 is 0 Å². The minimum absolute atomic E-state index is 0.0500. The molecule has 23 heavy (non-hydrogen) atoms. The number of tetrazole rings is 1. The smallest absolute Gasteiger partial charge is 0.223 e. The van der Waals surface area contributed by atoms with E-state index in [0.29, 0.717) is 24.4 Å². The number of aromatic amines is 1. The number of hydrogen-bond acceptors (Lipinski definition) is 4. The van der Waals surface area contributed by atoms with Gasteiger partial charge in [-0.1, -0.05) is 30.3 Å². The summed E-state index contributed by atoms with van der Waals surface area (Å²) < 4.78 is 13.8. The third-order valence-electron chi connectivity index (χ3n) is 4.42. The highest BCUT2D eigenvalue weighted by Crippen LogP contribution is 2.27. The van der Waals surface area contributed by atoms with Crippen molar-refractivity contribution in [1.82, 2.24) is 25.5 Å². The number of H-pyrrole nitrogens is 1. The molecular weight excluding hydrogens is 297 g/mol. The van der Waals surface area contributed by atoms with E-state index in [0.717, 1.165) is 19.4 Å². The van der Waals surface area contributed by atoms with Crippen molar-refractivity contribution in [3.8, 4) is 0 Å². The van der Waals surface area contributed by atoms with E-state index in [1.807, 2.05) is 11.8 Å². The van der Waals surface area contributed by atoms with E-state index in [4.69, 9.17) is 0 Å². The Bertz CT molecular complexity index is 660. The molecule has 1 amide bonds. The van der Waals surface area contributed by atoms with Gasteiger partial charge in [0.05, 0.1) is 0 Å². The van der Waals surface area contributed by atoms with E-state index in [2.05, 4.69) is 20.6 Å². The number of carbonyl (C=O) groups excluding carboxylic acids is 1. The van der Waals surface area contributed by atoms with Gasteiger partial charge in [0.25, 0.3) is 0 Å². The van der Waals surface area contributed by atoms with Crippen LogP contribution in [0.25, 0.3) is 0 Å². The largest absolute Gasteiger partial charge is 0.342 e. The standard InChI is InChI=1S/C16H20FN5O/c1-11(13-6-2-3-7-14(13)17)9-15(23)22-8-4-5-12(10-22)16-18-20-21-19-16/h2-3,6-7,11-12H,4-5,8-10H2,1H3,(H,18,19,20,21)/t11-,12-/m0/s1. The fourth-order valence-corrected chi connectivity index (χ4v) is 3.13. The van der Waals surface area contributed by atoms with Crippen LogP contribution in [0.15, 0.2) is 24.3 Å². The van der Waals surface area contributed by atoms with E-state index >= 15 is 0 Å². The molecule has 0 saturated carbocycles. The zero-order chi connectivity index (χ0) is 16.2. The summed E-state index contributed by atoms with van der Waals surface area (Å²) >= 11 is 0. The number of carbonyl (C=O) groups is 1. The van der Waals surface area contributed by atoms with Crippen LogP contribution < -0.4 is 0 Å². The van der Waals surface area contributed by atoms with Gasteiger partial charge in [-0.15, -0.1) is 10.2 Å². The first-order valence-corrected chi connectivity index (χ1v) is 7.90. The molecule has 2 aromatic rings. The molecule has 0 spiro atoms. The molecule has 0 radical (unpaired) electrons. The molecule has 2 atom stereocenters. The van der Waals surface area contributed by atoms with Gasteiger partial charge in [0.2, 0.25) is 5.91 Å². The summed E-state index contributed by atoms with van der Waals surface area (Å²) in [5.41, 5.74) is 0.590. The maximum atomic E-state index is 13.8. The van der Waals surface area contributed by atoms with Crippen LogP contribution in [0, 0.1) is 5.82 Å². The lowest BCUT2D eigenvalue weighted by Crippen LogP contribution is -2.39. The number of aromatic nitrogens is 4. The molecule has 3 rings (SSSR count). The lowest BCUT2D eigenvalue weighted by molar-refractivity contribution is -0.132. The van der Waals surface area contributed by atoms with Gasteiger partial charge in [0, 0.05) is 25.4 Å². The van der Waals surface area contributed by atoms with Gasteiger partial charge >= 0.3 is 0 Å². The maximum Gasteiger partial charge on any atom is 0.223 e. The topological polar surface area (TPSA) is 74.8 Å². The number of hydrogen-bond donors (Lipinski definition) is 1. The second-order valence-electron chi connectivity index (χ2n) is 6.08. The number of piperidine rings is 1. The highest BCUT2D eigenvalue weighted by Gasteiger charge is 2.28. The molecule has 1 N–H and O–H groups in total. The number of rotatable bonds is 4. The van der Waals surface area contributed by atoms with Gasteiger partial charge in [-0.05, 0) is 30.4 Å². The average Bonchev–Trinajstić information content (AvgIpc) is 3.10. The fourth-order valence-electron chi connectivity index (χ4n) is 3.13. The van der Waals surface area contributed by atoms with Crippen LogP contribution in [-0.4, -0.2) is 44.5 Å². The Kier molecular flexibility index (Phi) is 4.64. The third kappa shape index (κ3) is 3.55. The van der Waals surface area contributed by atoms with Crippen molar-refractivity contribution in [3.63, 3.8) is 0 Å². The molecule has 1 saturated heterocycles. The minimum Gasteiger partial charge on any atom is -0.342 e. The number of amides is 1. The summed E-state index contributed by atoms with van der Waals surface area (Å²) in [5.74, 6) is 0.430. The Balaban J connectivity index is 1.62. The first-order chi connectivity index (χ1) is 11.1. The number of nitrogens with one attached hydrogen (secondary N) is 1. The van der Waals surface area contributed by atoms with Gasteiger partial charge in [-0.3, -0.25) is 4.79 Å². The molecule has 1 aliphatic rings. The Morgan fingerprint density at radius 1 is 1.48 bits per heavy atom. The number of likely N-dealkylation sites (tertiary alicyclic amines) is 1. The molecule has 1 aliphatic heterocycles. The van der Waals surface area contributed by atoms with Crippen LogP contribution in [0.2, 0.25) is 0 Å². The van der Waals surface area contributed by atoms with E-state index in [1.54, 1.807) is 18.2 Å². The first-order valence-electron chi connectivity index (χ1n) is 7.90. The zero-order valence-corrected chi connectivity index (χ0v) is 13.1. The molecule has 6 nitrogen and oxygen atoms in total. The Labute approximate surface area is 134 Å². The van der Waals surface area contributed by atoms with Crippen LogP contribution in [0.1, 0.15) is 49.4 Å². The monoisotopic (exact) mass is 317 g/mol. The van der Waals surface area contributed by atoms with Crippen molar-refractivity contribution in [1.29, 1.82) is 0 Å². The maximum absolute atomic E-state index is 13.8. The molecule has 122 valence electrons. The minimum atomic E-state index is -0.254. The number of benzene rings is 1. The summed E-state index contributed by atoms with van der Waals surface area (Å²) in [5, 5.41) is 14.1. The normalized spacial score (nSPS) is 19.6. The van der Waals surface area contributed by atoms with Crippen molar-refractivity contribution in [2.75, 3.05) is 13.1 Å². The predicted octanol–water partition coefficient (Wildman–Crippen LogP) is 2.24. The van der Waals surface area contributed by atoms with Gasteiger partial charge < -0.3 is 4.90 Å². The first kappa shape index (κ1) is 15.6. The van der Waals surface area contributed by atoms with Crippen molar-refractivity contribution in [2.24, 2.45) is 0 Å². The average molecular weight is 317 g/mol. The van der Waals surface area contributed by atoms with Crippen LogP contribution in [0.3, 0.4) is 0 Å². The Hall–Kier alpha value is -2.31. The summed E-state index contributed by atoms with van der Waals surface area (Å²) in [7, 11) is 0. The van der Waals surface area contributed by atoms with Crippen LogP contribution in [0.4, 0.5) is 4.39 Å². The fraction of sp³-hybridized carbons (Fsp3) is 0.500. The van der Waals surface area contributed by atoms with Gasteiger partial charge in [-0.2, -0.15) is 5.21 Å². The van der Waals surface area contributed by atoms with Crippen molar-refractivity contribution in [2.45, 2.75) is 38.0 Å². The molecule has 1 aromatic carbocycles. The number of nitrogens with zero attached hydrogens (tertiary/aromatic N) is 4. The van der Waals surface area contributed by atoms with Crippen molar-refractivity contribution < 1.29 is 9.18 Å². The molecule has 0 unspecified atom stereocenters. The summed E-state index contributed by atoms with van der Waals surface area (Å²) in [6.07, 6.45) is 2.17. The molecule has 1 aromatic heterocycles. The molecule has 7 heteroatoms. The van der Waals surface area contributed by atoms with Crippen molar-refractivity contribution >= 4 is 5.91 Å². The molecule has 2 heterocycles. The second kappa shape index (κ2) is 6.85. The molecular formula is C16H20FN5O. The predicted molar refractivity (Wildman–Crippen MR) is 82.2 cm³/mol. The molecule has 0 aliphatic carbocycles. The molecule has 1 fully saturated rings. The second-order valence-corrected chi connectivity index (χ2v) is 6.08. The van der Waals surface area contributed by atoms with E-state index in [1.165, 1.54) is 6.07 Å². The summed E-state index contributed by atoms with van der Waals surface area (Å²) in [6.45, 7) is 3.22. The highest BCUT2D eigenvalue weighted by molar-refractivity contribution is 5.77. The van der Waals surface area contributed by atoms with Gasteiger partial charge in [-0.25, -0.2) is 4.39 Å². The van der Waals surface area contributed by atoms with Crippen LogP contribution in [0.5, 0.6) is 0 Å². The SMILES string of the molecule is C[C@@H](CC(=O)N1CCC[C@H](c2nn[nH]n2)C1)c1ccccc1F. The van der Waals surface area contributed by atoms with Gasteiger partial charge in [0.1, 0.15) is 5.82 Å². The van der Waals surface area contributed by atoms with Crippen molar-refractivity contribution in [3.05, 3.63) is 41.5 Å². The van der Waals surface area contributed by atoms with E-state index in [9.17, 15) is 9.18 Å². The quantitative estimate of drug-likeness (QED) is 0.938. The lowest BCUT2D eigenvalue weighted by atomic mass is 9.94. The summed E-state index contributed by atoms with van der Waals surface area (Å²) in [6, 6.07) is 6.63. The lowest BCUT2D eigenvalue weighted by Gasteiger charge is -2.32. The Morgan fingerprint density at radius 3 is 3.04 bits per heavy atom. The summed E-state index contributed by atoms with van der Waals surface area (Å²) in [4.78, 5) is 14.4. The van der Waals surface area contributed by atoms with E-state index in [-0.39, 0.29) is 23.6 Å². The van der Waals surface area contributed by atoms with Gasteiger partial charge in [0.15, 0.2) is 5.82 Å². The van der Waals surface area contributed by atoms with E-state index < -0.39 is 0 Å². The Morgan fingerprint density at radius 2 is 2.30 bits per heavy atom. The molecule has 0 bridgehead atoms. The zero-order valence-electron chi connectivity index (χ0n) is 13.1.